The summed E-state index contributed by atoms with van der Waals surface area (Å²) in [7, 11) is 0. The molecule has 26 heavy (non-hydrogen) atoms. The number of nitro benzene ring substituents is 1. The van der Waals surface area contributed by atoms with E-state index in [2.05, 4.69) is 0 Å². The molecule has 1 saturated carbocycles. The molecule has 1 aromatic carbocycles. The lowest BCUT2D eigenvalue weighted by atomic mass is 9.78. The van der Waals surface area contributed by atoms with Gasteiger partial charge in [-0.2, -0.15) is 0 Å². The van der Waals surface area contributed by atoms with Crippen LogP contribution in [0.4, 0.5) is 5.69 Å². The summed E-state index contributed by atoms with van der Waals surface area (Å²) in [5.41, 5.74) is 0.244. The number of carbonyl (C=O) groups is 2. The second-order valence-corrected chi connectivity index (χ2v) is 7.12. The van der Waals surface area contributed by atoms with Crippen molar-refractivity contribution in [2.24, 2.45) is 5.92 Å². The lowest BCUT2D eigenvalue weighted by Gasteiger charge is -2.44. The second-order valence-electron chi connectivity index (χ2n) is 7.12. The van der Waals surface area contributed by atoms with Crippen LogP contribution in [-0.2, 0) is 9.53 Å². The Morgan fingerprint density at radius 1 is 1.23 bits per heavy atom. The molecular weight excluding hydrogens is 336 g/mol. The molecule has 2 aliphatic rings. The fourth-order valence-electron chi connectivity index (χ4n) is 4.26. The van der Waals surface area contributed by atoms with Crippen LogP contribution in [-0.4, -0.2) is 40.9 Å². The van der Waals surface area contributed by atoms with Crippen molar-refractivity contribution in [2.75, 3.05) is 13.2 Å². The molecule has 2 atom stereocenters. The number of carbonyl (C=O) groups excluding carboxylic acids is 2. The number of piperidine rings is 1. The van der Waals surface area contributed by atoms with Crippen LogP contribution in [0.2, 0.25) is 0 Å². The highest BCUT2D eigenvalue weighted by molar-refractivity contribution is 5.93. The summed E-state index contributed by atoms with van der Waals surface area (Å²) < 4.78 is 5.19. The number of hydrogen-bond donors (Lipinski definition) is 0. The van der Waals surface area contributed by atoms with Gasteiger partial charge >= 0.3 is 5.97 Å². The standard InChI is InChI=1S/C19H24N2O5/c1-13-15(8-4-10-16(13)21(24)25)19(23)26-12-18(22)20-11-5-7-14-6-2-3-9-17(14)20/h4,8,10,14,17H,2-3,5-7,9,11-12H2,1H3/t14-,17-/m1/s1. The summed E-state index contributed by atoms with van der Waals surface area (Å²) in [6.07, 6.45) is 6.71. The van der Waals surface area contributed by atoms with Gasteiger partial charge in [-0.05, 0) is 44.6 Å². The third-order valence-corrected chi connectivity index (χ3v) is 5.61. The lowest BCUT2D eigenvalue weighted by molar-refractivity contribution is -0.385. The van der Waals surface area contributed by atoms with E-state index in [1.807, 2.05) is 4.90 Å². The van der Waals surface area contributed by atoms with Gasteiger partial charge < -0.3 is 9.64 Å². The number of nitrogens with zero attached hydrogens (tertiary/aromatic N) is 2. The van der Waals surface area contributed by atoms with Crippen molar-refractivity contribution in [3.05, 3.63) is 39.4 Å². The molecule has 3 rings (SSSR count). The van der Waals surface area contributed by atoms with Gasteiger partial charge in [0.25, 0.3) is 11.6 Å². The zero-order valence-corrected chi connectivity index (χ0v) is 15.0. The molecule has 7 heteroatoms. The molecule has 0 unspecified atom stereocenters. The van der Waals surface area contributed by atoms with Gasteiger partial charge in [0.1, 0.15) is 0 Å². The number of benzene rings is 1. The summed E-state index contributed by atoms with van der Waals surface area (Å²) in [6.45, 7) is 1.91. The van der Waals surface area contributed by atoms with Crippen LogP contribution in [0.15, 0.2) is 18.2 Å². The van der Waals surface area contributed by atoms with Gasteiger partial charge in [-0.3, -0.25) is 14.9 Å². The largest absolute Gasteiger partial charge is 0.452 e. The topological polar surface area (TPSA) is 89.8 Å². The molecular formula is C19H24N2O5. The highest BCUT2D eigenvalue weighted by atomic mass is 16.6. The Morgan fingerprint density at radius 2 is 1.96 bits per heavy atom. The van der Waals surface area contributed by atoms with E-state index >= 15 is 0 Å². The third-order valence-electron chi connectivity index (χ3n) is 5.61. The molecule has 1 saturated heterocycles. The third kappa shape index (κ3) is 3.71. The van der Waals surface area contributed by atoms with Crippen LogP contribution in [0, 0.1) is 23.0 Å². The summed E-state index contributed by atoms with van der Waals surface area (Å²) in [5.74, 6) is -0.300. The van der Waals surface area contributed by atoms with Crippen LogP contribution < -0.4 is 0 Å². The Labute approximate surface area is 152 Å². The number of nitro groups is 1. The number of amides is 1. The van der Waals surface area contributed by atoms with E-state index in [4.69, 9.17) is 4.74 Å². The Bertz CT molecular complexity index is 716. The second kappa shape index (κ2) is 7.85. The predicted octanol–water partition coefficient (Wildman–Crippen LogP) is 3.24. The van der Waals surface area contributed by atoms with Gasteiger partial charge in [-0.25, -0.2) is 4.79 Å². The van der Waals surface area contributed by atoms with Crippen LogP contribution in [0.5, 0.6) is 0 Å². The zero-order valence-electron chi connectivity index (χ0n) is 15.0. The van der Waals surface area contributed by atoms with E-state index < -0.39 is 10.9 Å². The molecule has 1 heterocycles. The highest BCUT2D eigenvalue weighted by Gasteiger charge is 2.35. The van der Waals surface area contributed by atoms with E-state index in [9.17, 15) is 19.7 Å². The van der Waals surface area contributed by atoms with E-state index in [-0.39, 0.29) is 35.4 Å². The van der Waals surface area contributed by atoms with Gasteiger partial charge in [0.15, 0.2) is 6.61 Å². The van der Waals surface area contributed by atoms with Crippen LogP contribution in [0.3, 0.4) is 0 Å². The molecule has 0 spiro atoms. The number of ether oxygens (including phenoxy) is 1. The average molecular weight is 360 g/mol. The Hall–Kier alpha value is -2.44. The minimum atomic E-state index is -0.697. The highest BCUT2D eigenvalue weighted by Crippen LogP contribution is 2.35. The van der Waals surface area contributed by atoms with Gasteiger partial charge in [0.2, 0.25) is 0 Å². The molecule has 140 valence electrons. The first-order chi connectivity index (χ1) is 12.5. The minimum Gasteiger partial charge on any atom is -0.452 e. The Morgan fingerprint density at radius 3 is 2.73 bits per heavy atom. The quantitative estimate of drug-likeness (QED) is 0.467. The molecule has 1 amide bonds. The molecule has 0 radical (unpaired) electrons. The molecule has 1 aliphatic carbocycles. The van der Waals surface area contributed by atoms with Gasteiger partial charge in [-0.1, -0.05) is 18.9 Å². The fraction of sp³-hybridized carbons (Fsp3) is 0.579. The van der Waals surface area contributed by atoms with Crippen molar-refractivity contribution >= 4 is 17.6 Å². The number of likely N-dealkylation sites (tertiary alicyclic amines) is 1. The van der Waals surface area contributed by atoms with Crippen molar-refractivity contribution in [3.63, 3.8) is 0 Å². The number of rotatable bonds is 4. The summed E-state index contributed by atoms with van der Waals surface area (Å²) in [6, 6.07) is 4.53. The van der Waals surface area contributed by atoms with Crippen molar-refractivity contribution in [3.8, 4) is 0 Å². The first-order valence-electron chi connectivity index (χ1n) is 9.19. The predicted molar refractivity (Wildman–Crippen MR) is 94.8 cm³/mol. The summed E-state index contributed by atoms with van der Waals surface area (Å²) >= 11 is 0. The van der Waals surface area contributed by atoms with Crippen molar-refractivity contribution < 1.29 is 19.2 Å². The maximum atomic E-state index is 12.6. The monoisotopic (exact) mass is 360 g/mol. The molecule has 1 aromatic rings. The molecule has 1 aliphatic heterocycles. The van der Waals surface area contributed by atoms with Crippen LogP contribution in [0.25, 0.3) is 0 Å². The Kier molecular flexibility index (Phi) is 5.54. The molecule has 0 bridgehead atoms. The maximum absolute atomic E-state index is 12.6. The molecule has 0 N–H and O–H groups in total. The summed E-state index contributed by atoms with van der Waals surface area (Å²) in [4.78, 5) is 37.2. The molecule has 2 fully saturated rings. The smallest absolute Gasteiger partial charge is 0.339 e. The first-order valence-corrected chi connectivity index (χ1v) is 9.19. The number of fused-ring (bicyclic) bond motifs is 1. The van der Waals surface area contributed by atoms with Crippen molar-refractivity contribution in [1.29, 1.82) is 0 Å². The molecule has 0 aromatic heterocycles. The van der Waals surface area contributed by atoms with E-state index in [0.29, 0.717) is 12.5 Å². The maximum Gasteiger partial charge on any atom is 0.339 e. The van der Waals surface area contributed by atoms with Crippen molar-refractivity contribution in [1.82, 2.24) is 4.90 Å². The number of hydrogen-bond acceptors (Lipinski definition) is 5. The van der Waals surface area contributed by atoms with E-state index in [0.717, 1.165) is 19.3 Å². The Balaban J connectivity index is 1.63. The van der Waals surface area contributed by atoms with Gasteiger partial charge in [0, 0.05) is 24.2 Å². The lowest BCUT2D eigenvalue weighted by Crippen LogP contribution is -2.50. The fourth-order valence-corrected chi connectivity index (χ4v) is 4.26. The first kappa shape index (κ1) is 18.4. The minimum absolute atomic E-state index is 0.126. The van der Waals surface area contributed by atoms with Crippen molar-refractivity contribution in [2.45, 2.75) is 51.5 Å². The number of esters is 1. The van der Waals surface area contributed by atoms with E-state index in [1.54, 1.807) is 0 Å². The molecule has 7 nitrogen and oxygen atoms in total. The normalized spacial score (nSPS) is 22.4. The van der Waals surface area contributed by atoms with Crippen LogP contribution in [0.1, 0.15) is 54.4 Å². The van der Waals surface area contributed by atoms with E-state index in [1.165, 1.54) is 44.4 Å². The SMILES string of the molecule is Cc1c(C(=O)OCC(=O)N2CCC[C@H]3CCCC[C@H]32)cccc1[N+](=O)[O-]. The zero-order chi connectivity index (χ0) is 18.7. The average Bonchev–Trinajstić information content (AvgIpc) is 2.65. The van der Waals surface area contributed by atoms with Gasteiger partial charge in [-0.15, -0.1) is 0 Å². The summed E-state index contributed by atoms with van der Waals surface area (Å²) in [5, 5.41) is 11.0. The van der Waals surface area contributed by atoms with Gasteiger partial charge in [0.05, 0.1) is 10.5 Å². The van der Waals surface area contributed by atoms with Crippen LogP contribution >= 0.6 is 0 Å².